The molecule has 0 aliphatic rings. The first-order valence-electron chi connectivity index (χ1n) is 9.71. The fourth-order valence-corrected chi connectivity index (χ4v) is 3.15. The van der Waals surface area contributed by atoms with Gasteiger partial charge in [-0.3, -0.25) is 14.6 Å². The van der Waals surface area contributed by atoms with Crippen LogP contribution in [0.25, 0.3) is 11.1 Å². The predicted octanol–water partition coefficient (Wildman–Crippen LogP) is 4.99. The maximum absolute atomic E-state index is 13.3. The third kappa shape index (κ3) is 4.77. The van der Waals surface area contributed by atoms with E-state index in [9.17, 15) is 9.59 Å². The van der Waals surface area contributed by atoms with Crippen LogP contribution in [0.4, 0.5) is 5.69 Å². The van der Waals surface area contributed by atoms with Crippen molar-refractivity contribution in [1.82, 2.24) is 9.88 Å². The van der Waals surface area contributed by atoms with Crippen LogP contribution in [0.5, 0.6) is 0 Å². The van der Waals surface area contributed by atoms with Crippen LogP contribution in [0.3, 0.4) is 0 Å². The smallest absolute Gasteiger partial charge is 0.254 e. The van der Waals surface area contributed by atoms with Crippen LogP contribution in [-0.4, -0.2) is 33.8 Å². The second-order valence-electron chi connectivity index (χ2n) is 8.57. The summed E-state index contributed by atoms with van der Waals surface area (Å²) < 4.78 is 0. The molecule has 0 saturated carbocycles. The number of nitrogens with zero attached hydrogens (tertiary/aromatic N) is 2. The molecule has 0 radical (unpaired) electrons. The normalized spacial score (nSPS) is 11.6. The highest BCUT2D eigenvalue weighted by atomic mass is 16.2. The second kappa shape index (κ2) is 8.55. The highest BCUT2D eigenvalue weighted by Crippen LogP contribution is 2.32. The number of aromatic nitrogens is 1. The maximum atomic E-state index is 13.3. The molecule has 28 heavy (non-hydrogen) atoms. The van der Waals surface area contributed by atoms with Crippen LogP contribution in [0.2, 0.25) is 0 Å². The fourth-order valence-electron chi connectivity index (χ4n) is 3.15. The molecule has 0 unspecified atom stereocenters. The van der Waals surface area contributed by atoms with Crippen molar-refractivity contribution in [3.8, 4) is 11.1 Å². The molecule has 0 aliphatic heterocycles. The van der Waals surface area contributed by atoms with E-state index in [2.05, 4.69) is 10.3 Å². The van der Waals surface area contributed by atoms with Crippen molar-refractivity contribution in [2.24, 2.45) is 5.41 Å². The molecule has 2 rings (SSSR count). The molecule has 0 saturated heterocycles. The summed E-state index contributed by atoms with van der Waals surface area (Å²) >= 11 is 0. The van der Waals surface area contributed by atoms with Gasteiger partial charge in [0.15, 0.2) is 0 Å². The first-order valence-corrected chi connectivity index (χ1v) is 9.71. The zero-order chi connectivity index (χ0) is 21.1. The van der Waals surface area contributed by atoms with Crippen molar-refractivity contribution in [2.75, 3.05) is 5.32 Å². The van der Waals surface area contributed by atoms with E-state index in [0.717, 1.165) is 11.1 Å². The van der Waals surface area contributed by atoms with Crippen molar-refractivity contribution >= 4 is 17.5 Å². The molecule has 1 aromatic carbocycles. The van der Waals surface area contributed by atoms with Gasteiger partial charge in [-0.1, -0.05) is 39.0 Å². The largest absolute Gasteiger partial charge is 0.334 e. The minimum absolute atomic E-state index is 0.0227. The molecule has 0 fully saturated rings. The first kappa shape index (κ1) is 21.6. The van der Waals surface area contributed by atoms with Gasteiger partial charge in [0, 0.05) is 34.8 Å². The van der Waals surface area contributed by atoms with Crippen LogP contribution in [0.15, 0.2) is 42.7 Å². The van der Waals surface area contributed by atoms with E-state index in [-0.39, 0.29) is 23.9 Å². The van der Waals surface area contributed by atoms with E-state index >= 15 is 0 Å². The molecule has 1 aromatic heterocycles. The molecule has 0 atom stereocenters. The summed E-state index contributed by atoms with van der Waals surface area (Å²) in [6, 6.07) is 9.51. The Kier molecular flexibility index (Phi) is 6.60. The van der Waals surface area contributed by atoms with Gasteiger partial charge in [-0.05, 0) is 45.4 Å². The van der Waals surface area contributed by atoms with Crippen molar-refractivity contribution in [3.63, 3.8) is 0 Å². The lowest BCUT2D eigenvalue weighted by atomic mass is 9.94. The van der Waals surface area contributed by atoms with Gasteiger partial charge >= 0.3 is 0 Å². The quantitative estimate of drug-likeness (QED) is 0.793. The highest BCUT2D eigenvalue weighted by molar-refractivity contribution is 6.04. The topological polar surface area (TPSA) is 62.3 Å². The Bertz CT molecular complexity index is 843. The zero-order valence-corrected chi connectivity index (χ0v) is 17.9. The Morgan fingerprint density at radius 1 is 0.964 bits per heavy atom. The Labute approximate surface area is 168 Å². The number of amides is 2. The average molecular weight is 382 g/mol. The van der Waals surface area contributed by atoms with E-state index in [1.807, 2.05) is 83.7 Å². The van der Waals surface area contributed by atoms with Crippen LogP contribution >= 0.6 is 0 Å². The van der Waals surface area contributed by atoms with E-state index in [1.165, 1.54) is 0 Å². The number of hydrogen-bond donors (Lipinski definition) is 1. The molecular formula is C23H31N3O2. The third-order valence-electron chi connectivity index (χ3n) is 4.55. The molecule has 5 heteroatoms. The minimum atomic E-state index is -0.533. The second-order valence-corrected chi connectivity index (χ2v) is 8.57. The molecule has 0 aliphatic carbocycles. The standard InChI is InChI=1S/C23H31N3O2/c1-15(2)26(16(3)4)21(27)19-11-9-8-10-17(19)18-12-13-24-14-20(18)25-22(28)23(5,6)7/h8-16H,1-7H3,(H,25,28). The molecule has 1 N–H and O–H groups in total. The number of anilines is 1. The van der Waals surface area contributed by atoms with Gasteiger partial charge in [-0.2, -0.15) is 0 Å². The Balaban J connectivity index is 2.54. The average Bonchev–Trinajstić information content (AvgIpc) is 2.60. The number of hydrogen-bond acceptors (Lipinski definition) is 3. The molecule has 0 bridgehead atoms. The predicted molar refractivity (Wildman–Crippen MR) is 114 cm³/mol. The Morgan fingerprint density at radius 3 is 2.14 bits per heavy atom. The minimum Gasteiger partial charge on any atom is -0.334 e. The summed E-state index contributed by atoms with van der Waals surface area (Å²) in [5, 5.41) is 2.96. The lowest BCUT2D eigenvalue weighted by Crippen LogP contribution is -2.42. The van der Waals surface area contributed by atoms with Gasteiger partial charge in [-0.25, -0.2) is 0 Å². The van der Waals surface area contributed by atoms with Gasteiger partial charge in [0.2, 0.25) is 5.91 Å². The molecular weight excluding hydrogens is 350 g/mol. The van der Waals surface area contributed by atoms with Gasteiger partial charge in [0.05, 0.1) is 11.9 Å². The number of nitrogens with one attached hydrogen (secondary N) is 1. The van der Waals surface area contributed by atoms with Gasteiger partial charge in [0.25, 0.3) is 5.91 Å². The molecule has 5 nitrogen and oxygen atoms in total. The Morgan fingerprint density at radius 2 is 1.57 bits per heavy atom. The summed E-state index contributed by atoms with van der Waals surface area (Å²) in [5.41, 5.74) is 2.24. The van der Waals surface area contributed by atoms with E-state index in [1.54, 1.807) is 12.4 Å². The van der Waals surface area contributed by atoms with Gasteiger partial charge in [-0.15, -0.1) is 0 Å². The fraction of sp³-hybridized carbons (Fsp3) is 0.435. The molecule has 1 heterocycles. The SMILES string of the molecule is CC(C)N(C(=O)c1ccccc1-c1ccncc1NC(=O)C(C)(C)C)C(C)C. The molecule has 2 aromatic rings. The summed E-state index contributed by atoms with van der Waals surface area (Å²) in [7, 11) is 0. The summed E-state index contributed by atoms with van der Waals surface area (Å²) in [6.07, 6.45) is 3.30. The molecule has 0 spiro atoms. The summed E-state index contributed by atoms with van der Waals surface area (Å²) in [4.78, 5) is 31.9. The van der Waals surface area contributed by atoms with Crippen LogP contribution < -0.4 is 5.32 Å². The number of benzene rings is 1. The zero-order valence-electron chi connectivity index (χ0n) is 17.9. The summed E-state index contributed by atoms with van der Waals surface area (Å²) in [5.74, 6) is -0.123. The van der Waals surface area contributed by atoms with Crippen molar-refractivity contribution in [3.05, 3.63) is 48.3 Å². The lowest BCUT2D eigenvalue weighted by molar-refractivity contribution is -0.123. The van der Waals surface area contributed by atoms with Crippen molar-refractivity contribution in [2.45, 2.75) is 60.5 Å². The molecule has 150 valence electrons. The van der Waals surface area contributed by atoms with E-state index < -0.39 is 5.41 Å². The maximum Gasteiger partial charge on any atom is 0.254 e. The van der Waals surface area contributed by atoms with Crippen LogP contribution in [0, 0.1) is 5.41 Å². The summed E-state index contributed by atoms with van der Waals surface area (Å²) in [6.45, 7) is 13.6. The van der Waals surface area contributed by atoms with Gasteiger partial charge < -0.3 is 10.2 Å². The third-order valence-corrected chi connectivity index (χ3v) is 4.55. The van der Waals surface area contributed by atoms with Gasteiger partial charge in [0.1, 0.15) is 0 Å². The van der Waals surface area contributed by atoms with Crippen molar-refractivity contribution < 1.29 is 9.59 Å². The monoisotopic (exact) mass is 381 g/mol. The number of pyridine rings is 1. The highest BCUT2D eigenvalue weighted by Gasteiger charge is 2.26. The van der Waals surface area contributed by atoms with E-state index in [0.29, 0.717) is 11.3 Å². The van der Waals surface area contributed by atoms with Crippen LogP contribution in [-0.2, 0) is 4.79 Å². The Hall–Kier alpha value is -2.69. The number of carbonyl (C=O) groups is 2. The number of rotatable bonds is 5. The van der Waals surface area contributed by atoms with Crippen LogP contribution in [0.1, 0.15) is 58.8 Å². The molecule has 2 amide bonds. The van der Waals surface area contributed by atoms with Crippen molar-refractivity contribution in [1.29, 1.82) is 0 Å². The number of carbonyl (C=O) groups excluding carboxylic acids is 2. The lowest BCUT2D eigenvalue weighted by Gasteiger charge is -2.31. The van der Waals surface area contributed by atoms with E-state index in [4.69, 9.17) is 0 Å². The first-order chi connectivity index (χ1) is 13.0.